The van der Waals surface area contributed by atoms with Crippen molar-refractivity contribution in [3.63, 3.8) is 0 Å². The second-order valence-corrected chi connectivity index (χ2v) is 9.57. The molecule has 0 atom stereocenters. The van der Waals surface area contributed by atoms with Crippen molar-refractivity contribution in [2.24, 2.45) is 0 Å². The largest absolute Gasteiger partial charge is 0.493 e. The fourth-order valence-electron chi connectivity index (χ4n) is 4.91. The van der Waals surface area contributed by atoms with Crippen LogP contribution in [-0.4, -0.2) is 87.1 Å². The topological polar surface area (TPSA) is 61.2 Å². The van der Waals surface area contributed by atoms with Crippen LogP contribution in [-0.2, 0) is 6.54 Å². The zero-order chi connectivity index (χ0) is 26.5. The summed E-state index contributed by atoms with van der Waals surface area (Å²) in [6.45, 7) is 6.62. The lowest BCUT2D eigenvalue weighted by atomic mass is 10.1. The average Bonchev–Trinajstić information content (AvgIpc) is 3.31. The summed E-state index contributed by atoms with van der Waals surface area (Å²) in [4.78, 5) is 9.85. The standard InChI is InChI=1S/C30H36N4O4/c1-32-12-14-33(15-13-32)16-17-38-24-10-11-25-26(20-24)34(21-22-8-6-5-7-9-22)30(31-25)23-18-27(35-2)29(37-4)28(19-23)36-3/h5-11,18-20H,12-17,21H2,1-4H3. The van der Waals surface area contributed by atoms with Gasteiger partial charge in [-0.3, -0.25) is 4.90 Å². The van der Waals surface area contributed by atoms with E-state index in [-0.39, 0.29) is 0 Å². The molecule has 0 spiro atoms. The van der Waals surface area contributed by atoms with Gasteiger partial charge in [-0.25, -0.2) is 4.98 Å². The van der Waals surface area contributed by atoms with Crippen LogP contribution in [0.25, 0.3) is 22.4 Å². The van der Waals surface area contributed by atoms with Gasteiger partial charge in [0.1, 0.15) is 18.2 Å². The summed E-state index contributed by atoms with van der Waals surface area (Å²) in [6.07, 6.45) is 0. The Kier molecular flexibility index (Phi) is 8.00. The van der Waals surface area contributed by atoms with Crippen molar-refractivity contribution >= 4 is 11.0 Å². The fourth-order valence-corrected chi connectivity index (χ4v) is 4.91. The molecular weight excluding hydrogens is 480 g/mol. The second kappa shape index (κ2) is 11.8. The molecule has 3 aromatic carbocycles. The smallest absolute Gasteiger partial charge is 0.203 e. The van der Waals surface area contributed by atoms with Gasteiger partial charge in [0.05, 0.1) is 32.4 Å². The Balaban J connectivity index is 1.49. The first-order valence-corrected chi connectivity index (χ1v) is 13.0. The molecule has 2 heterocycles. The molecule has 5 rings (SSSR count). The summed E-state index contributed by atoms with van der Waals surface area (Å²) in [5.41, 5.74) is 3.97. The highest BCUT2D eigenvalue weighted by Gasteiger charge is 2.20. The Morgan fingerprint density at radius 1 is 0.816 bits per heavy atom. The van der Waals surface area contributed by atoms with Crippen molar-refractivity contribution < 1.29 is 18.9 Å². The molecule has 0 unspecified atom stereocenters. The molecule has 8 nitrogen and oxygen atoms in total. The molecule has 0 amide bonds. The molecular formula is C30H36N4O4. The van der Waals surface area contributed by atoms with E-state index < -0.39 is 0 Å². The van der Waals surface area contributed by atoms with Gasteiger partial charge in [0.25, 0.3) is 0 Å². The minimum absolute atomic E-state index is 0.556. The van der Waals surface area contributed by atoms with E-state index in [2.05, 4.69) is 51.7 Å². The fraction of sp³-hybridized carbons (Fsp3) is 0.367. The lowest BCUT2D eigenvalue weighted by molar-refractivity contribution is 0.134. The number of piperazine rings is 1. The lowest BCUT2D eigenvalue weighted by Gasteiger charge is -2.32. The number of hydrogen-bond donors (Lipinski definition) is 0. The van der Waals surface area contributed by atoms with Crippen molar-refractivity contribution in [2.75, 3.05) is 67.7 Å². The summed E-state index contributed by atoms with van der Waals surface area (Å²) < 4.78 is 25.2. The van der Waals surface area contributed by atoms with Crippen LogP contribution in [0.3, 0.4) is 0 Å². The Morgan fingerprint density at radius 2 is 1.53 bits per heavy atom. The van der Waals surface area contributed by atoms with Gasteiger partial charge in [-0.05, 0) is 36.9 Å². The van der Waals surface area contributed by atoms with Crippen LogP contribution in [0.1, 0.15) is 5.56 Å². The quantitative estimate of drug-likeness (QED) is 0.310. The molecule has 1 aliphatic heterocycles. The highest BCUT2D eigenvalue weighted by molar-refractivity contribution is 5.83. The monoisotopic (exact) mass is 516 g/mol. The molecule has 4 aromatic rings. The summed E-state index contributed by atoms with van der Waals surface area (Å²) in [5, 5.41) is 0. The van der Waals surface area contributed by atoms with Gasteiger partial charge in [-0.15, -0.1) is 0 Å². The van der Waals surface area contributed by atoms with Gasteiger partial charge >= 0.3 is 0 Å². The predicted octanol–water partition coefficient (Wildman–Crippen LogP) is 4.40. The Hall–Kier alpha value is -3.75. The zero-order valence-corrected chi connectivity index (χ0v) is 22.6. The van der Waals surface area contributed by atoms with Crippen LogP contribution in [0.15, 0.2) is 60.7 Å². The van der Waals surface area contributed by atoms with Crippen LogP contribution in [0.2, 0.25) is 0 Å². The molecule has 0 radical (unpaired) electrons. The van der Waals surface area contributed by atoms with Crippen LogP contribution in [0, 0.1) is 0 Å². The number of ether oxygens (including phenoxy) is 4. The second-order valence-electron chi connectivity index (χ2n) is 9.57. The van der Waals surface area contributed by atoms with Crippen molar-refractivity contribution in [1.82, 2.24) is 19.4 Å². The number of fused-ring (bicyclic) bond motifs is 1. The van der Waals surface area contributed by atoms with Gasteiger partial charge in [-0.1, -0.05) is 30.3 Å². The Morgan fingerprint density at radius 3 is 2.18 bits per heavy atom. The van der Waals surface area contributed by atoms with E-state index in [1.54, 1.807) is 21.3 Å². The van der Waals surface area contributed by atoms with E-state index in [1.807, 2.05) is 30.3 Å². The summed E-state index contributed by atoms with van der Waals surface area (Å²) >= 11 is 0. The van der Waals surface area contributed by atoms with E-state index in [4.69, 9.17) is 23.9 Å². The molecule has 1 aliphatic rings. The third kappa shape index (κ3) is 5.56. The molecule has 0 N–H and O–H groups in total. The summed E-state index contributed by atoms with van der Waals surface area (Å²) in [7, 11) is 7.03. The summed E-state index contributed by atoms with van der Waals surface area (Å²) in [6, 6.07) is 20.4. The van der Waals surface area contributed by atoms with E-state index in [0.29, 0.717) is 30.4 Å². The Bertz CT molecular complexity index is 1340. The van der Waals surface area contributed by atoms with Gasteiger partial charge < -0.3 is 28.4 Å². The zero-order valence-electron chi connectivity index (χ0n) is 22.6. The third-order valence-electron chi connectivity index (χ3n) is 7.10. The number of rotatable bonds is 10. The van der Waals surface area contributed by atoms with Gasteiger partial charge in [-0.2, -0.15) is 0 Å². The predicted molar refractivity (Wildman–Crippen MR) is 150 cm³/mol. The van der Waals surface area contributed by atoms with Crippen molar-refractivity contribution in [2.45, 2.75) is 6.54 Å². The first-order valence-electron chi connectivity index (χ1n) is 13.0. The third-order valence-corrected chi connectivity index (χ3v) is 7.10. The van der Waals surface area contributed by atoms with Crippen molar-refractivity contribution in [3.05, 3.63) is 66.2 Å². The number of methoxy groups -OCH3 is 3. The van der Waals surface area contributed by atoms with E-state index in [9.17, 15) is 0 Å². The number of hydrogen-bond acceptors (Lipinski definition) is 7. The van der Waals surface area contributed by atoms with Crippen LogP contribution < -0.4 is 18.9 Å². The average molecular weight is 517 g/mol. The molecule has 0 saturated carbocycles. The highest BCUT2D eigenvalue weighted by atomic mass is 16.5. The molecule has 1 aromatic heterocycles. The highest BCUT2D eigenvalue weighted by Crippen LogP contribution is 2.41. The van der Waals surface area contributed by atoms with Crippen molar-refractivity contribution in [3.8, 4) is 34.4 Å². The number of likely N-dealkylation sites (N-methyl/N-ethyl adjacent to an activating group) is 1. The van der Waals surface area contributed by atoms with Crippen LogP contribution >= 0.6 is 0 Å². The molecule has 38 heavy (non-hydrogen) atoms. The maximum atomic E-state index is 6.21. The molecule has 0 aliphatic carbocycles. The number of aromatic nitrogens is 2. The van der Waals surface area contributed by atoms with E-state index in [0.717, 1.165) is 60.9 Å². The van der Waals surface area contributed by atoms with Crippen LogP contribution in [0.4, 0.5) is 0 Å². The lowest BCUT2D eigenvalue weighted by Crippen LogP contribution is -2.45. The first-order chi connectivity index (χ1) is 18.6. The van der Waals surface area contributed by atoms with Gasteiger partial charge in [0.2, 0.25) is 5.75 Å². The van der Waals surface area contributed by atoms with Gasteiger partial charge in [0.15, 0.2) is 11.5 Å². The van der Waals surface area contributed by atoms with Crippen LogP contribution in [0.5, 0.6) is 23.0 Å². The maximum Gasteiger partial charge on any atom is 0.203 e. The minimum Gasteiger partial charge on any atom is -0.493 e. The van der Waals surface area contributed by atoms with E-state index >= 15 is 0 Å². The molecule has 8 heteroatoms. The molecule has 1 fully saturated rings. The normalized spacial score (nSPS) is 14.5. The number of nitrogens with zero attached hydrogens (tertiary/aromatic N) is 4. The summed E-state index contributed by atoms with van der Waals surface area (Å²) in [5.74, 6) is 3.40. The number of imidazole rings is 1. The Labute approximate surface area is 224 Å². The molecule has 200 valence electrons. The maximum absolute atomic E-state index is 6.21. The van der Waals surface area contributed by atoms with E-state index in [1.165, 1.54) is 5.56 Å². The molecule has 0 bridgehead atoms. The molecule has 1 saturated heterocycles. The number of benzene rings is 3. The minimum atomic E-state index is 0.556. The van der Waals surface area contributed by atoms with Crippen molar-refractivity contribution in [1.29, 1.82) is 0 Å². The SMILES string of the molecule is COc1cc(-c2nc3ccc(OCCN4CCN(C)CC4)cc3n2Cc2ccccc2)cc(OC)c1OC. The first kappa shape index (κ1) is 25.9. The van der Waals surface area contributed by atoms with Gasteiger partial charge in [0, 0.05) is 50.9 Å².